The number of pyridine rings is 1. The highest BCUT2D eigenvalue weighted by molar-refractivity contribution is 9.10. The van der Waals surface area contributed by atoms with Crippen LogP contribution in [0.1, 0.15) is 16.1 Å². The lowest BCUT2D eigenvalue weighted by molar-refractivity contribution is 0.102. The molecule has 0 saturated carbocycles. The number of aromatic nitrogens is 3. The summed E-state index contributed by atoms with van der Waals surface area (Å²) < 4.78 is 0.726. The average molecular weight is 384 g/mol. The standard InChI is InChI=1S/C17H14BrN5O/c18-14-7-2-1-6-13(14)17(24)21-16-9-8-15(22-23-16)20-11-12-5-3-4-10-19-12/h1-10H,11H2,(H,20,22)(H,21,23,24). The fourth-order valence-electron chi connectivity index (χ4n) is 2.01. The topological polar surface area (TPSA) is 79.8 Å². The minimum atomic E-state index is -0.244. The summed E-state index contributed by atoms with van der Waals surface area (Å²) in [4.78, 5) is 16.4. The molecule has 2 N–H and O–H groups in total. The van der Waals surface area contributed by atoms with E-state index in [0.29, 0.717) is 23.7 Å². The lowest BCUT2D eigenvalue weighted by Crippen LogP contribution is -2.14. The van der Waals surface area contributed by atoms with Crippen molar-refractivity contribution in [1.82, 2.24) is 15.2 Å². The molecule has 0 aliphatic carbocycles. The first-order chi connectivity index (χ1) is 11.7. The SMILES string of the molecule is O=C(Nc1ccc(NCc2ccccn2)nn1)c1ccccc1Br. The molecule has 2 aromatic heterocycles. The fourth-order valence-corrected chi connectivity index (χ4v) is 2.47. The molecule has 0 spiro atoms. The Hall–Kier alpha value is -2.80. The van der Waals surface area contributed by atoms with Crippen LogP contribution in [-0.4, -0.2) is 21.1 Å². The van der Waals surface area contributed by atoms with E-state index in [1.165, 1.54) is 0 Å². The van der Waals surface area contributed by atoms with E-state index < -0.39 is 0 Å². The predicted octanol–water partition coefficient (Wildman–Crippen LogP) is 3.50. The summed E-state index contributed by atoms with van der Waals surface area (Å²) in [6.45, 7) is 0.554. The number of halogens is 1. The van der Waals surface area contributed by atoms with Crippen LogP contribution in [0.5, 0.6) is 0 Å². The maximum Gasteiger partial charge on any atom is 0.258 e. The molecule has 120 valence electrons. The number of carbonyl (C=O) groups is 1. The second-order valence-electron chi connectivity index (χ2n) is 4.91. The Morgan fingerprint density at radius 2 is 1.71 bits per heavy atom. The van der Waals surface area contributed by atoms with Crippen molar-refractivity contribution in [2.45, 2.75) is 6.54 Å². The second-order valence-corrected chi connectivity index (χ2v) is 5.77. The molecule has 0 aliphatic heterocycles. The zero-order chi connectivity index (χ0) is 16.8. The monoisotopic (exact) mass is 383 g/mol. The summed E-state index contributed by atoms with van der Waals surface area (Å²) in [5.41, 5.74) is 1.45. The van der Waals surface area contributed by atoms with Crippen LogP contribution in [0.25, 0.3) is 0 Å². The minimum Gasteiger partial charge on any atom is -0.363 e. The summed E-state index contributed by atoms with van der Waals surface area (Å²) >= 11 is 3.35. The van der Waals surface area contributed by atoms with Crippen LogP contribution < -0.4 is 10.6 Å². The van der Waals surface area contributed by atoms with Gasteiger partial charge in [0.25, 0.3) is 5.91 Å². The number of amides is 1. The Balaban J connectivity index is 1.60. The number of rotatable bonds is 5. The Kier molecular flexibility index (Phi) is 5.12. The Morgan fingerprint density at radius 3 is 2.42 bits per heavy atom. The number of nitrogens with zero attached hydrogens (tertiary/aromatic N) is 3. The van der Waals surface area contributed by atoms with Gasteiger partial charge in [0, 0.05) is 10.7 Å². The normalized spacial score (nSPS) is 10.2. The molecule has 1 aromatic carbocycles. The van der Waals surface area contributed by atoms with Crippen LogP contribution in [0.15, 0.2) is 65.3 Å². The Morgan fingerprint density at radius 1 is 0.958 bits per heavy atom. The molecule has 0 bridgehead atoms. The highest BCUT2D eigenvalue weighted by Gasteiger charge is 2.10. The molecule has 3 rings (SSSR count). The van der Waals surface area contributed by atoms with Gasteiger partial charge >= 0.3 is 0 Å². The van der Waals surface area contributed by atoms with Crippen molar-refractivity contribution in [3.63, 3.8) is 0 Å². The fraction of sp³-hybridized carbons (Fsp3) is 0.0588. The van der Waals surface area contributed by atoms with Crippen molar-refractivity contribution in [2.24, 2.45) is 0 Å². The third-order valence-electron chi connectivity index (χ3n) is 3.20. The van der Waals surface area contributed by atoms with Crippen LogP contribution in [0.4, 0.5) is 11.6 Å². The summed E-state index contributed by atoms with van der Waals surface area (Å²) in [7, 11) is 0. The van der Waals surface area contributed by atoms with Gasteiger partial charge in [-0.05, 0) is 52.3 Å². The first-order valence-electron chi connectivity index (χ1n) is 7.26. The first-order valence-corrected chi connectivity index (χ1v) is 8.05. The molecule has 0 unspecified atom stereocenters. The number of hydrogen-bond donors (Lipinski definition) is 2. The van der Waals surface area contributed by atoms with Gasteiger partial charge in [-0.1, -0.05) is 18.2 Å². The maximum atomic E-state index is 12.2. The van der Waals surface area contributed by atoms with E-state index in [1.54, 1.807) is 30.5 Å². The Bertz CT molecular complexity index is 824. The third kappa shape index (κ3) is 4.14. The van der Waals surface area contributed by atoms with E-state index in [9.17, 15) is 4.79 Å². The van der Waals surface area contributed by atoms with Crippen LogP contribution in [0.2, 0.25) is 0 Å². The molecule has 24 heavy (non-hydrogen) atoms. The molecule has 3 aromatic rings. The van der Waals surface area contributed by atoms with Crippen molar-refractivity contribution in [2.75, 3.05) is 10.6 Å². The number of hydrogen-bond acceptors (Lipinski definition) is 5. The van der Waals surface area contributed by atoms with Gasteiger partial charge in [-0.3, -0.25) is 9.78 Å². The highest BCUT2D eigenvalue weighted by Crippen LogP contribution is 2.17. The summed E-state index contributed by atoms with van der Waals surface area (Å²) in [5.74, 6) is 0.754. The van der Waals surface area contributed by atoms with E-state index in [1.807, 2.05) is 30.3 Å². The summed E-state index contributed by atoms with van der Waals surface area (Å²) in [5, 5.41) is 13.9. The molecule has 0 radical (unpaired) electrons. The van der Waals surface area contributed by atoms with Gasteiger partial charge < -0.3 is 10.6 Å². The molecule has 0 atom stereocenters. The summed E-state index contributed by atoms with van der Waals surface area (Å²) in [6, 6.07) is 16.4. The molecular weight excluding hydrogens is 370 g/mol. The largest absolute Gasteiger partial charge is 0.363 e. The van der Waals surface area contributed by atoms with E-state index in [2.05, 4.69) is 41.7 Å². The zero-order valence-electron chi connectivity index (χ0n) is 12.6. The first kappa shape index (κ1) is 16.1. The number of anilines is 2. The van der Waals surface area contributed by atoms with E-state index in [4.69, 9.17) is 0 Å². The quantitative estimate of drug-likeness (QED) is 0.704. The zero-order valence-corrected chi connectivity index (χ0v) is 14.2. The van der Waals surface area contributed by atoms with E-state index >= 15 is 0 Å². The molecule has 2 heterocycles. The lowest BCUT2D eigenvalue weighted by atomic mass is 10.2. The third-order valence-corrected chi connectivity index (χ3v) is 3.89. The molecule has 6 nitrogen and oxygen atoms in total. The van der Waals surface area contributed by atoms with Crippen LogP contribution >= 0.6 is 15.9 Å². The lowest BCUT2D eigenvalue weighted by Gasteiger charge is -2.07. The molecular formula is C17H14BrN5O. The predicted molar refractivity (Wildman–Crippen MR) is 95.7 cm³/mol. The average Bonchev–Trinajstić information content (AvgIpc) is 2.62. The second kappa shape index (κ2) is 7.65. The number of nitrogens with one attached hydrogen (secondary N) is 2. The van der Waals surface area contributed by atoms with Crippen molar-refractivity contribution in [1.29, 1.82) is 0 Å². The van der Waals surface area contributed by atoms with Gasteiger partial charge in [0.15, 0.2) is 5.82 Å². The van der Waals surface area contributed by atoms with Crippen molar-refractivity contribution in [3.05, 3.63) is 76.5 Å². The minimum absolute atomic E-state index is 0.244. The van der Waals surface area contributed by atoms with Gasteiger partial charge in [-0.25, -0.2) is 0 Å². The highest BCUT2D eigenvalue weighted by atomic mass is 79.9. The van der Waals surface area contributed by atoms with Gasteiger partial charge in [0.1, 0.15) is 5.82 Å². The molecule has 1 amide bonds. The Labute approximate surface area is 147 Å². The molecule has 0 saturated heterocycles. The number of benzene rings is 1. The van der Waals surface area contributed by atoms with E-state index in [-0.39, 0.29) is 5.91 Å². The van der Waals surface area contributed by atoms with E-state index in [0.717, 1.165) is 10.2 Å². The maximum absolute atomic E-state index is 12.2. The van der Waals surface area contributed by atoms with Gasteiger partial charge in [0.05, 0.1) is 17.8 Å². The van der Waals surface area contributed by atoms with Gasteiger partial charge in [-0.2, -0.15) is 0 Å². The van der Waals surface area contributed by atoms with Gasteiger partial charge in [-0.15, -0.1) is 10.2 Å². The van der Waals surface area contributed by atoms with Crippen LogP contribution in [-0.2, 0) is 6.54 Å². The van der Waals surface area contributed by atoms with Crippen LogP contribution in [0, 0.1) is 0 Å². The molecule has 0 aliphatic rings. The van der Waals surface area contributed by atoms with Crippen molar-refractivity contribution < 1.29 is 4.79 Å². The molecule has 0 fully saturated rings. The smallest absolute Gasteiger partial charge is 0.258 e. The van der Waals surface area contributed by atoms with Gasteiger partial charge in [0.2, 0.25) is 0 Å². The van der Waals surface area contributed by atoms with Crippen LogP contribution in [0.3, 0.4) is 0 Å². The molecule has 7 heteroatoms. The van der Waals surface area contributed by atoms with Crippen molar-refractivity contribution >= 4 is 33.5 Å². The summed E-state index contributed by atoms with van der Waals surface area (Å²) in [6.07, 6.45) is 1.74. The number of carbonyl (C=O) groups excluding carboxylic acids is 1. The van der Waals surface area contributed by atoms with Crippen molar-refractivity contribution in [3.8, 4) is 0 Å².